The van der Waals surface area contributed by atoms with Gasteiger partial charge >= 0.3 is 12.1 Å². The molecule has 25 heavy (non-hydrogen) atoms. The van der Waals surface area contributed by atoms with Gasteiger partial charge in [-0.2, -0.15) is 0 Å². The van der Waals surface area contributed by atoms with E-state index in [0.29, 0.717) is 0 Å². The standard InChI is InChI=1S/C17H20N2O6/c1-5-24-15(20)13-9-8-12(14(11-13)19(22)23)7-6-10-18-16(21)25-17(2,3)4/h8-9,11H,5,10H2,1-4H3,(H,18,21). The first-order valence-corrected chi connectivity index (χ1v) is 7.55. The van der Waals surface area contributed by atoms with Crippen LogP contribution in [-0.4, -0.2) is 35.7 Å². The van der Waals surface area contributed by atoms with Gasteiger partial charge in [0.15, 0.2) is 0 Å². The zero-order valence-electron chi connectivity index (χ0n) is 14.5. The van der Waals surface area contributed by atoms with Crippen molar-refractivity contribution >= 4 is 17.7 Å². The highest BCUT2D eigenvalue weighted by Crippen LogP contribution is 2.20. The molecule has 8 heteroatoms. The Balaban J connectivity index is 2.84. The molecule has 0 aliphatic carbocycles. The number of alkyl carbamates (subject to hydrolysis) is 1. The Kier molecular flexibility index (Phi) is 6.93. The number of hydrogen-bond donors (Lipinski definition) is 1. The molecule has 1 aromatic rings. The van der Waals surface area contributed by atoms with Gasteiger partial charge in [0.2, 0.25) is 0 Å². The van der Waals surface area contributed by atoms with Crippen molar-refractivity contribution in [1.29, 1.82) is 0 Å². The van der Waals surface area contributed by atoms with Crippen LogP contribution in [0, 0.1) is 22.0 Å². The van der Waals surface area contributed by atoms with Crippen LogP contribution in [0.25, 0.3) is 0 Å². The van der Waals surface area contributed by atoms with E-state index >= 15 is 0 Å². The number of carbonyl (C=O) groups is 2. The summed E-state index contributed by atoms with van der Waals surface area (Å²) in [5, 5.41) is 13.6. The minimum atomic E-state index is -0.642. The van der Waals surface area contributed by atoms with Crippen molar-refractivity contribution < 1.29 is 24.0 Å². The number of benzene rings is 1. The smallest absolute Gasteiger partial charge is 0.408 e. The fourth-order valence-electron chi connectivity index (χ4n) is 1.70. The van der Waals surface area contributed by atoms with Gasteiger partial charge in [0.25, 0.3) is 5.69 Å². The van der Waals surface area contributed by atoms with E-state index in [1.54, 1.807) is 27.7 Å². The topological polar surface area (TPSA) is 108 Å². The number of amides is 1. The van der Waals surface area contributed by atoms with Crippen LogP contribution in [0.4, 0.5) is 10.5 Å². The van der Waals surface area contributed by atoms with Gasteiger partial charge in [-0.1, -0.05) is 11.8 Å². The molecule has 0 spiro atoms. The molecule has 0 heterocycles. The highest BCUT2D eigenvalue weighted by molar-refractivity contribution is 5.90. The van der Waals surface area contributed by atoms with E-state index in [1.807, 2.05) is 0 Å². The van der Waals surface area contributed by atoms with Gasteiger partial charge in [-0.25, -0.2) is 9.59 Å². The Bertz CT molecular complexity index is 725. The van der Waals surface area contributed by atoms with Crippen molar-refractivity contribution in [2.45, 2.75) is 33.3 Å². The normalized spacial score (nSPS) is 10.2. The van der Waals surface area contributed by atoms with Crippen LogP contribution in [0.1, 0.15) is 43.6 Å². The molecule has 1 amide bonds. The lowest BCUT2D eigenvalue weighted by Crippen LogP contribution is -2.32. The molecule has 0 radical (unpaired) electrons. The predicted octanol–water partition coefficient (Wildman–Crippen LogP) is 2.65. The summed E-state index contributed by atoms with van der Waals surface area (Å²) < 4.78 is 9.85. The van der Waals surface area contributed by atoms with Crippen molar-refractivity contribution in [2.24, 2.45) is 0 Å². The van der Waals surface area contributed by atoms with E-state index in [-0.39, 0.29) is 30.0 Å². The van der Waals surface area contributed by atoms with E-state index < -0.39 is 22.6 Å². The molecule has 0 aromatic heterocycles. The summed E-state index contributed by atoms with van der Waals surface area (Å²) in [5.41, 5.74) is -0.732. The Morgan fingerprint density at radius 1 is 1.32 bits per heavy atom. The zero-order chi connectivity index (χ0) is 19.0. The van der Waals surface area contributed by atoms with Gasteiger partial charge in [0.1, 0.15) is 11.2 Å². The maximum atomic E-state index is 11.6. The number of hydrogen-bond acceptors (Lipinski definition) is 6. The third-order valence-electron chi connectivity index (χ3n) is 2.65. The number of nitrogens with one attached hydrogen (secondary N) is 1. The Morgan fingerprint density at radius 2 is 2.00 bits per heavy atom. The molecule has 1 aromatic carbocycles. The first-order chi connectivity index (χ1) is 11.6. The van der Waals surface area contributed by atoms with Crippen LogP contribution < -0.4 is 5.32 Å². The number of rotatable bonds is 4. The molecule has 0 fully saturated rings. The summed E-state index contributed by atoms with van der Waals surface area (Å²) >= 11 is 0. The molecule has 0 unspecified atom stereocenters. The Labute approximate surface area is 145 Å². The largest absolute Gasteiger partial charge is 0.462 e. The van der Waals surface area contributed by atoms with Crippen molar-refractivity contribution in [3.63, 3.8) is 0 Å². The molecule has 8 nitrogen and oxygen atoms in total. The second kappa shape index (κ2) is 8.68. The minimum Gasteiger partial charge on any atom is -0.462 e. The van der Waals surface area contributed by atoms with Crippen molar-refractivity contribution in [2.75, 3.05) is 13.2 Å². The Hall–Kier alpha value is -3.08. The molecule has 0 aliphatic rings. The average molecular weight is 348 g/mol. The van der Waals surface area contributed by atoms with Gasteiger partial charge in [0, 0.05) is 6.07 Å². The van der Waals surface area contributed by atoms with Crippen molar-refractivity contribution in [3.8, 4) is 11.8 Å². The second-order valence-corrected chi connectivity index (χ2v) is 5.87. The van der Waals surface area contributed by atoms with Gasteiger partial charge in [-0.05, 0) is 39.8 Å². The van der Waals surface area contributed by atoms with E-state index in [2.05, 4.69) is 17.2 Å². The minimum absolute atomic E-state index is 0.0360. The Morgan fingerprint density at radius 3 is 2.56 bits per heavy atom. The molecule has 0 aliphatic heterocycles. The van der Waals surface area contributed by atoms with Gasteiger partial charge in [-0.3, -0.25) is 10.1 Å². The zero-order valence-corrected chi connectivity index (χ0v) is 14.5. The fourth-order valence-corrected chi connectivity index (χ4v) is 1.70. The van der Waals surface area contributed by atoms with Crippen LogP contribution in [-0.2, 0) is 9.47 Å². The molecular weight excluding hydrogens is 328 g/mol. The summed E-state index contributed by atoms with van der Waals surface area (Å²) in [6.45, 7) is 6.96. The third-order valence-corrected chi connectivity index (χ3v) is 2.65. The summed E-state index contributed by atoms with van der Waals surface area (Å²) in [6.07, 6.45) is -0.631. The number of carbonyl (C=O) groups excluding carboxylic acids is 2. The monoisotopic (exact) mass is 348 g/mol. The highest BCUT2D eigenvalue weighted by atomic mass is 16.6. The van der Waals surface area contributed by atoms with Crippen LogP contribution >= 0.6 is 0 Å². The van der Waals surface area contributed by atoms with Crippen molar-refractivity contribution in [3.05, 3.63) is 39.4 Å². The predicted molar refractivity (Wildman–Crippen MR) is 90.2 cm³/mol. The number of nitro groups is 1. The summed E-state index contributed by atoms with van der Waals surface area (Å²) in [7, 11) is 0. The lowest BCUT2D eigenvalue weighted by atomic mass is 10.1. The second-order valence-electron chi connectivity index (χ2n) is 5.87. The number of nitrogens with zero attached hydrogens (tertiary/aromatic N) is 1. The van der Waals surface area contributed by atoms with Crippen LogP contribution in [0.2, 0.25) is 0 Å². The third kappa shape index (κ3) is 6.91. The molecule has 0 saturated carbocycles. The molecule has 0 bridgehead atoms. The maximum Gasteiger partial charge on any atom is 0.408 e. The average Bonchev–Trinajstić information content (AvgIpc) is 2.50. The van der Waals surface area contributed by atoms with E-state index in [0.717, 1.165) is 6.07 Å². The number of nitro benzene ring substituents is 1. The maximum absolute atomic E-state index is 11.6. The lowest BCUT2D eigenvalue weighted by molar-refractivity contribution is -0.385. The number of ether oxygens (including phenoxy) is 2. The number of esters is 1. The summed E-state index contributed by atoms with van der Waals surface area (Å²) in [6, 6.07) is 3.88. The molecule has 134 valence electrons. The molecule has 0 saturated heterocycles. The van der Waals surface area contributed by atoms with Gasteiger partial charge < -0.3 is 14.8 Å². The molecule has 1 rings (SSSR count). The van der Waals surface area contributed by atoms with Crippen LogP contribution in [0.15, 0.2) is 18.2 Å². The van der Waals surface area contributed by atoms with Gasteiger partial charge in [-0.15, -0.1) is 0 Å². The van der Waals surface area contributed by atoms with Gasteiger partial charge in [0.05, 0.1) is 23.6 Å². The highest BCUT2D eigenvalue weighted by Gasteiger charge is 2.17. The molecule has 0 atom stereocenters. The van der Waals surface area contributed by atoms with Crippen LogP contribution in [0.3, 0.4) is 0 Å². The molecular formula is C17H20N2O6. The first kappa shape index (κ1) is 20.0. The summed E-state index contributed by atoms with van der Waals surface area (Å²) in [4.78, 5) is 33.6. The molecule has 1 N–H and O–H groups in total. The summed E-state index contributed by atoms with van der Waals surface area (Å²) in [5.74, 6) is 4.56. The van der Waals surface area contributed by atoms with Crippen LogP contribution in [0.5, 0.6) is 0 Å². The lowest BCUT2D eigenvalue weighted by Gasteiger charge is -2.18. The van der Waals surface area contributed by atoms with E-state index in [4.69, 9.17) is 9.47 Å². The van der Waals surface area contributed by atoms with Crippen molar-refractivity contribution in [1.82, 2.24) is 5.32 Å². The van der Waals surface area contributed by atoms with E-state index in [9.17, 15) is 19.7 Å². The SMILES string of the molecule is CCOC(=O)c1ccc(C#CCNC(=O)OC(C)(C)C)c([N+](=O)[O-])c1. The fraction of sp³-hybridized carbons (Fsp3) is 0.412. The first-order valence-electron chi connectivity index (χ1n) is 7.55. The van der Waals surface area contributed by atoms with E-state index in [1.165, 1.54) is 12.1 Å². The quantitative estimate of drug-likeness (QED) is 0.388.